The van der Waals surface area contributed by atoms with Gasteiger partial charge in [0.25, 0.3) is 0 Å². The number of halogens is 1. The average molecular weight is 515 g/mol. The summed E-state index contributed by atoms with van der Waals surface area (Å²) in [5.41, 5.74) is 1.21. The molecule has 1 fully saturated rings. The van der Waals surface area contributed by atoms with Gasteiger partial charge in [0, 0.05) is 31.7 Å². The van der Waals surface area contributed by atoms with E-state index in [1.54, 1.807) is 0 Å². The van der Waals surface area contributed by atoms with Crippen molar-refractivity contribution in [1.29, 1.82) is 0 Å². The largest absolute Gasteiger partial charge is 0.487 e. The van der Waals surface area contributed by atoms with Crippen molar-refractivity contribution in [1.82, 2.24) is 10.6 Å². The number of rotatable bonds is 8. The maximum Gasteiger partial charge on any atom is 0.191 e. The number of nitrogens with zero attached hydrogens (tertiary/aromatic N) is 1. The molecule has 1 aromatic carbocycles. The Bertz CT molecular complexity index is 641. The fraction of sp³-hybridized carbons (Fsp3) is 0.696. The fourth-order valence-electron chi connectivity index (χ4n) is 4.70. The molecule has 1 aliphatic carbocycles. The molecular formula is C23H38IN3O2. The van der Waals surface area contributed by atoms with Gasteiger partial charge in [0.2, 0.25) is 0 Å². The highest BCUT2D eigenvalue weighted by molar-refractivity contribution is 14.0. The van der Waals surface area contributed by atoms with Crippen LogP contribution in [0.1, 0.15) is 76.8 Å². The van der Waals surface area contributed by atoms with Crippen molar-refractivity contribution in [2.75, 3.05) is 19.7 Å². The van der Waals surface area contributed by atoms with Gasteiger partial charge in [0.1, 0.15) is 11.4 Å². The molecule has 5 nitrogen and oxygen atoms in total. The summed E-state index contributed by atoms with van der Waals surface area (Å²) in [7, 11) is 0. The number of para-hydroxylation sites is 1. The van der Waals surface area contributed by atoms with E-state index in [0.717, 1.165) is 63.3 Å². The van der Waals surface area contributed by atoms with Crippen LogP contribution in [0, 0.1) is 5.92 Å². The van der Waals surface area contributed by atoms with E-state index in [-0.39, 0.29) is 42.2 Å². The van der Waals surface area contributed by atoms with E-state index in [1.165, 1.54) is 18.4 Å². The molecule has 1 aliphatic heterocycles. The van der Waals surface area contributed by atoms with Gasteiger partial charge in [0.05, 0.1) is 6.04 Å². The van der Waals surface area contributed by atoms with E-state index in [4.69, 9.17) is 9.73 Å². The Labute approximate surface area is 193 Å². The Balaban J connectivity index is 0.00000300. The van der Waals surface area contributed by atoms with Crippen LogP contribution in [0.5, 0.6) is 5.75 Å². The average Bonchev–Trinajstić information content (AvgIpc) is 3.13. The molecular weight excluding hydrogens is 477 g/mol. The van der Waals surface area contributed by atoms with Crippen LogP contribution in [0.25, 0.3) is 0 Å². The Morgan fingerprint density at radius 3 is 2.69 bits per heavy atom. The van der Waals surface area contributed by atoms with Crippen LogP contribution in [0.3, 0.4) is 0 Å². The molecule has 6 heteroatoms. The second-order valence-corrected chi connectivity index (χ2v) is 8.32. The van der Waals surface area contributed by atoms with E-state index in [9.17, 15) is 5.11 Å². The molecule has 2 aliphatic rings. The molecule has 0 radical (unpaired) electrons. The molecule has 1 aromatic rings. The van der Waals surface area contributed by atoms with Crippen molar-refractivity contribution >= 4 is 29.9 Å². The minimum absolute atomic E-state index is 0. The molecule has 1 spiro atoms. The van der Waals surface area contributed by atoms with Gasteiger partial charge in [-0.25, -0.2) is 0 Å². The lowest BCUT2D eigenvalue weighted by molar-refractivity contribution is 0.0396. The Morgan fingerprint density at radius 1 is 1.24 bits per heavy atom. The van der Waals surface area contributed by atoms with Crippen LogP contribution in [0.15, 0.2) is 29.3 Å². The Hall–Kier alpha value is -1.02. The van der Waals surface area contributed by atoms with Crippen molar-refractivity contribution in [3.8, 4) is 5.75 Å². The molecule has 3 N–H and O–H groups in total. The summed E-state index contributed by atoms with van der Waals surface area (Å²) in [5, 5.41) is 16.4. The van der Waals surface area contributed by atoms with Gasteiger partial charge >= 0.3 is 0 Å². The smallest absolute Gasteiger partial charge is 0.191 e. The molecule has 1 saturated carbocycles. The zero-order chi connectivity index (χ0) is 19.8. The van der Waals surface area contributed by atoms with Crippen molar-refractivity contribution in [2.24, 2.45) is 10.9 Å². The monoisotopic (exact) mass is 515 g/mol. The minimum atomic E-state index is -0.0228. The summed E-state index contributed by atoms with van der Waals surface area (Å²) < 4.78 is 6.49. The number of aliphatic hydroxyl groups is 1. The molecule has 3 rings (SSSR count). The zero-order valence-corrected chi connectivity index (χ0v) is 20.3. The van der Waals surface area contributed by atoms with Crippen molar-refractivity contribution < 1.29 is 9.84 Å². The summed E-state index contributed by atoms with van der Waals surface area (Å²) in [6.45, 7) is 6.11. The lowest BCUT2D eigenvalue weighted by atomic mass is 9.86. The molecule has 29 heavy (non-hydrogen) atoms. The van der Waals surface area contributed by atoms with Crippen LogP contribution in [0.4, 0.5) is 0 Å². The number of fused-ring (bicyclic) bond motifs is 1. The predicted octanol–water partition coefficient (Wildman–Crippen LogP) is 4.79. The number of aliphatic imine (C=N–C) groups is 1. The number of benzene rings is 1. The normalized spacial score (nSPS) is 21.1. The third-order valence-electron chi connectivity index (χ3n) is 6.11. The van der Waals surface area contributed by atoms with Gasteiger partial charge < -0.3 is 20.5 Å². The third-order valence-corrected chi connectivity index (χ3v) is 6.11. The first-order valence-electron chi connectivity index (χ1n) is 11.1. The first-order chi connectivity index (χ1) is 13.7. The summed E-state index contributed by atoms with van der Waals surface area (Å²) >= 11 is 0. The predicted molar refractivity (Wildman–Crippen MR) is 130 cm³/mol. The fourth-order valence-corrected chi connectivity index (χ4v) is 4.70. The Kier molecular flexibility index (Phi) is 10.0. The molecule has 2 unspecified atom stereocenters. The second-order valence-electron chi connectivity index (χ2n) is 8.32. The number of guanidine groups is 1. The molecule has 0 saturated heterocycles. The topological polar surface area (TPSA) is 65.9 Å². The number of aliphatic hydroxyl groups excluding tert-OH is 1. The summed E-state index contributed by atoms with van der Waals surface area (Å²) in [6, 6.07) is 8.64. The molecule has 0 aromatic heterocycles. The van der Waals surface area contributed by atoms with Gasteiger partial charge in [-0.2, -0.15) is 0 Å². The van der Waals surface area contributed by atoms with Crippen molar-refractivity contribution in [3.63, 3.8) is 0 Å². The van der Waals surface area contributed by atoms with E-state index < -0.39 is 0 Å². The number of hydrogen-bond acceptors (Lipinski definition) is 3. The van der Waals surface area contributed by atoms with Gasteiger partial charge in [-0.15, -0.1) is 24.0 Å². The minimum Gasteiger partial charge on any atom is -0.487 e. The number of ether oxygens (including phenoxy) is 1. The van der Waals surface area contributed by atoms with E-state index >= 15 is 0 Å². The van der Waals surface area contributed by atoms with Crippen LogP contribution in [-0.2, 0) is 0 Å². The van der Waals surface area contributed by atoms with E-state index in [0.29, 0.717) is 5.92 Å². The maximum atomic E-state index is 9.33. The van der Waals surface area contributed by atoms with Gasteiger partial charge in [-0.3, -0.25) is 4.99 Å². The van der Waals surface area contributed by atoms with Crippen LogP contribution >= 0.6 is 24.0 Å². The third kappa shape index (κ3) is 6.48. The highest BCUT2D eigenvalue weighted by Crippen LogP contribution is 2.46. The van der Waals surface area contributed by atoms with Gasteiger partial charge in [-0.05, 0) is 57.4 Å². The first-order valence-corrected chi connectivity index (χ1v) is 11.1. The van der Waals surface area contributed by atoms with Gasteiger partial charge in [-0.1, -0.05) is 31.5 Å². The van der Waals surface area contributed by atoms with Crippen LogP contribution in [-0.4, -0.2) is 36.4 Å². The summed E-state index contributed by atoms with van der Waals surface area (Å²) in [5.74, 6) is 2.33. The number of hydrogen-bond donors (Lipinski definition) is 3. The summed E-state index contributed by atoms with van der Waals surface area (Å²) in [4.78, 5) is 4.88. The molecule has 0 bridgehead atoms. The standard InChI is InChI=1S/C23H37N3O2.HI/c1-3-9-18(12-15-27)17-25-22(24-4-2)26-20-16-23(13-7-8-14-23)28-21-11-6-5-10-19(20)21;/h5-6,10-11,18,20,27H,3-4,7-9,12-17H2,1-2H3,(H2,24,25,26);1H. The zero-order valence-electron chi connectivity index (χ0n) is 18.0. The molecule has 0 amide bonds. The first kappa shape index (κ1) is 24.3. The molecule has 1 heterocycles. The highest BCUT2D eigenvalue weighted by Gasteiger charge is 2.43. The van der Waals surface area contributed by atoms with Crippen LogP contribution in [0.2, 0.25) is 0 Å². The van der Waals surface area contributed by atoms with E-state index in [2.05, 4.69) is 48.7 Å². The van der Waals surface area contributed by atoms with Crippen molar-refractivity contribution in [3.05, 3.63) is 29.8 Å². The maximum absolute atomic E-state index is 9.33. The number of nitrogens with one attached hydrogen (secondary N) is 2. The lowest BCUT2D eigenvalue weighted by Gasteiger charge is -2.40. The SMILES string of the molecule is CCCC(CCO)CN=C(NCC)NC1CC2(CCCC2)Oc2ccccc21.I. The summed E-state index contributed by atoms with van der Waals surface area (Å²) in [6.07, 6.45) is 8.83. The lowest BCUT2D eigenvalue weighted by Crippen LogP contribution is -2.46. The Morgan fingerprint density at radius 2 is 2.00 bits per heavy atom. The second kappa shape index (κ2) is 12.0. The van der Waals surface area contributed by atoms with Crippen LogP contribution < -0.4 is 15.4 Å². The molecule has 2 atom stereocenters. The molecule has 164 valence electrons. The van der Waals surface area contributed by atoms with Crippen molar-refractivity contribution in [2.45, 2.75) is 76.9 Å². The van der Waals surface area contributed by atoms with Gasteiger partial charge in [0.15, 0.2) is 5.96 Å². The quantitative estimate of drug-likeness (QED) is 0.265. The highest BCUT2D eigenvalue weighted by atomic mass is 127. The van der Waals surface area contributed by atoms with E-state index in [1.807, 2.05) is 0 Å².